The highest BCUT2D eigenvalue weighted by molar-refractivity contribution is 6.39. The molecular weight excluding hydrogens is 349 g/mol. The summed E-state index contributed by atoms with van der Waals surface area (Å²) >= 11 is 12.4. The lowest BCUT2D eigenvalue weighted by Gasteiger charge is -2.08. The largest absolute Gasteiger partial charge is 0.502 e. The third-order valence-electron chi connectivity index (χ3n) is 3.45. The van der Waals surface area contributed by atoms with Crippen molar-refractivity contribution in [3.8, 4) is 11.3 Å². The highest BCUT2D eigenvalue weighted by atomic mass is 35.5. The van der Waals surface area contributed by atoms with Crippen LogP contribution in [0.25, 0.3) is 28.2 Å². The Bertz CT molecular complexity index is 963. The molecule has 0 saturated carbocycles. The molecule has 4 nitrogen and oxygen atoms in total. The predicted octanol–water partition coefficient (Wildman–Crippen LogP) is 5.19. The van der Waals surface area contributed by atoms with Crippen LogP contribution in [0, 0.1) is 0 Å². The van der Waals surface area contributed by atoms with Gasteiger partial charge in [-0.25, -0.2) is 9.78 Å². The lowest BCUT2D eigenvalue weighted by atomic mass is 10.1. The zero-order chi connectivity index (χ0) is 17.3. The number of hydrogen-bond acceptors (Lipinski definition) is 3. The molecule has 0 fully saturated rings. The van der Waals surface area contributed by atoms with Crippen molar-refractivity contribution >= 4 is 46.2 Å². The van der Waals surface area contributed by atoms with E-state index in [0.717, 1.165) is 5.39 Å². The van der Waals surface area contributed by atoms with Crippen LogP contribution in [0.5, 0.6) is 0 Å². The summed E-state index contributed by atoms with van der Waals surface area (Å²) in [6.45, 7) is 0. The number of benzene rings is 2. The Morgan fingerprint density at radius 1 is 1.00 bits per heavy atom. The van der Waals surface area contributed by atoms with Gasteiger partial charge in [-0.05, 0) is 42.0 Å². The fraction of sp³-hybridized carbons (Fsp3) is 0. The highest BCUT2D eigenvalue weighted by Crippen LogP contribution is 2.34. The Morgan fingerprint density at radius 3 is 2.38 bits per heavy atom. The third-order valence-corrected chi connectivity index (χ3v) is 4.08. The number of fused-ring (bicyclic) bond motifs is 1. The number of hydrogen-bond donors (Lipinski definition) is 2. The molecule has 2 N–H and O–H groups in total. The van der Waals surface area contributed by atoms with E-state index < -0.39 is 11.7 Å². The van der Waals surface area contributed by atoms with Gasteiger partial charge in [0.05, 0.1) is 21.3 Å². The first-order valence-corrected chi connectivity index (χ1v) is 7.70. The number of aliphatic hydroxyl groups excluding tert-OH is 1. The predicted molar refractivity (Wildman–Crippen MR) is 95.4 cm³/mol. The molecule has 6 heteroatoms. The molecule has 1 aromatic heterocycles. The van der Waals surface area contributed by atoms with Crippen molar-refractivity contribution in [3.63, 3.8) is 0 Å². The van der Waals surface area contributed by atoms with E-state index in [2.05, 4.69) is 4.98 Å². The molecule has 120 valence electrons. The Hall–Kier alpha value is -2.56. The topological polar surface area (TPSA) is 70.4 Å². The van der Waals surface area contributed by atoms with Crippen LogP contribution < -0.4 is 0 Å². The van der Waals surface area contributed by atoms with E-state index >= 15 is 0 Å². The van der Waals surface area contributed by atoms with E-state index in [1.807, 2.05) is 6.07 Å². The SMILES string of the molecule is O=C(O)C(O)=Cc1ccc2nc(-c3c(Cl)cccc3Cl)ccc2c1. The van der Waals surface area contributed by atoms with Gasteiger partial charge in [-0.1, -0.05) is 41.4 Å². The fourth-order valence-electron chi connectivity index (χ4n) is 2.34. The molecule has 0 aliphatic carbocycles. The van der Waals surface area contributed by atoms with Crippen LogP contribution in [-0.2, 0) is 4.79 Å². The van der Waals surface area contributed by atoms with Crippen LogP contribution in [0.3, 0.4) is 0 Å². The maximum absolute atomic E-state index is 10.7. The van der Waals surface area contributed by atoms with Crippen LogP contribution in [0.4, 0.5) is 0 Å². The van der Waals surface area contributed by atoms with Crippen molar-refractivity contribution in [2.45, 2.75) is 0 Å². The average molecular weight is 360 g/mol. The molecule has 0 atom stereocenters. The van der Waals surface area contributed by atoms with Gasteiger partial charge in [-0.3, -0.25) is 0 Å². The molecule has 0 radical (unpaired) electrons. The summed E-state index contributed by atoms with van der Waals surface area (Å²) < 4.78 is 0. The molecule has 0 aliphatic heterocycles. The lowest BCUT2D eigenvalue weighted by Crippen LogP contribution is -1.98. The Kier molecular flexibility index (Phi) is 4.42. The first kappa shape index (κ1) is 16.3. The summed E-state index contributed by atoms with van der Waals surface area (Å²) in [6.07, 6.45) is 1.18. The number of halogens is 2. The number of pyridine rings is 1. The van der Waals surface area contributed by atoms with Crippen LogP contribution in [0.15, 0.2) is 54.3 Å². The lowest BCUT2D eigenvalue weighted by molar-refractivity contribution is -0.135. The molecule has 0 aliphatic rings. The fourth-order valence-corrected chi connectivity index (χ4v) is 2.93. The smallest absolute Gasteiger partial charge is 0.370 e. The van der Waals surface area contributed by atoms with Gasteiger partial charge in [0.15, 0.2) is 0 Å². The van der Waals surface area contributed by atoms with Gasteiger partial charge in [-0.2, -0.15) is 0 Å². The van der Waals surface area contributed by atoms with Gasteiger partial charge in [0, 0.05) is 10.9 Å². The average Bonchev–Trinajstić information content (AvgIpc) is 2.54. The standard InChI is InChI=1S/C18H11Cl2NO3/c19-12-2-1-3-13(20)17(12)15-7-5-11-8-10(4-6-14(11)21-15)9-16(22)18(23)24/h1-9,22H,(H,23,24). The number of aromatic nitrogens is 1. The van der Waals surface area contributed by atoms with Gasteiger partial charge in [0.2, 0.25) is 5.76 Å². The first-order valence-electron chi connectivity index (χ1n) is 6.95. The summed E-state index contributed by atoms with van der Waals surface area (Å²) in [4.78, 5) is 15.2. The minimum Gasteiger partial charge on any atom is -0.502 e. The van der Waals surface area contributed by atoms with Crippen molar-refractivity contribution < 1.29 is 15.0 Å². The summed E-state index contributed by atoms with van der Waals surface area (Å²) in [5.41, 5.74) is 2.58. The molecule has 0 unspecified atom stereocenters. The zero-order valence-corrected chi connectivity index (χ0v) is 13.7. The Balaban J connectivity index is 2.08. The van der Waals surface area contributed by atoms with Gasteiger partial charge in [0.1, 0.15) is 0 Å². The summed E-state index contributed by atoms with van der Waals surface area (Å²) in [7, 11) is 0. The molecule has 0 bridgehead atoms. The van der Waals surface area contributed by atoms with E-state index in [1.54, 1.807) is 42.5 Å². The first-order chi connectivity index (χ1) is 11.5. The number of aliphatic carboxylic acids is 1. The van der Waals surface area contributed by atoms with Crippen molar-refractivity contribution in [1.29, 1.82) is 0 Å². The van der Waals surface area contributed by atoms with E-state index in [1.165, 1.54) is 6.08 Å². The molecule has 2 aromatic carbocycles. The second-order valence-electron chi connectivity index (χ2n) is 5.08. The van der Waals surface area contributed by atoms with Gasteiger partial charge >= 0.3 is 5.97 Å². The molecule has 1 heterocycles. The number of carboxylic acid groups (broad SMARTS) is 1. The maximum atomic E-state index is 10.7. The van der Waals surface area contributed by atoms with E-state index in [-0.39, 0.29) is 0 Å². The quantitative estimate of drug-likeness (QED) is 0.498. The minimum absolute atomic E-state index is 0.514. The van der Waals surface area contributed by atoms with Crippen LogP contribution >= 0.6 is 23.2 Å². The van der Waals surface area contributed by atoms with Gasteiger partial charge < -0.3 is 10.2 Å². The van der Waals surface area contributed by atoms with Crippen molar-refractivity contribution in [1.82, 2.24) is 4.98 Å². The van der Waals surface area contributed by atoms with Crippen molar-refractivity contribution in [3.05, 3.63) is 69.9 Å². The van der Waals surface area contributed by atoms with Crippen LogP contribution in [0.2, 0.25) is 10.0 Å². The Morgan fingerprint density at radius 2 is 1.71 bits per heavy atom. The maximum Gasteiger partial charge on any atom is 0.370 e. The van der Waals surface area contributed by atoms with Gasteiger partial charge in [-0.15, -0.1) is 0 Å². The number of nitrogens with zero attached hydrogens (tertiary/aromatic N) is 1. The minimum atomic E-state index is -1.38. The normalized spacial score (nSPS) is 11.7. The third kappa shape index (κ3) is 3.20. The molecule has 3 aromatic rings. The molecule has 3 rings (SSSR count). The molecule has 0 saturated heterocycles. The molecular formula is C18H11Cl2NO3. The van der Waals surface area contributed by atoms with E-state index in [0.29, 0.717) is 32.4 Å². The van der Waals surface area contributed by atoms with E-state index in [9.17, 15) is 9.90 Å². The summed E-state index contributed by atoms with van der Waals surface area (Å²) in [5.74, 6) is -2.10. The van der Waals surface area contributed by atoms with Crippen molar-refractivity contribution in [2.75, 3.05) is 0 Å². The van der Waals surface area contributed by atoms with E-state index in [4.69, 9.17) is 28.3 Å². The monoisotopic (exact) mass is 359 g/mol. The summed E-state index contributed by atoms with van der Waals surface area (Å²) in [5, 5.41) is 19.9. The van der Waals surface area contributed by atoms with Crippen LogP contribution in [-0.4, -0.2) is 21.2 Å². The zero-order valence-electron chi connectivity index (χ0n) is 12.2. The van der Waals surface area contributed by atoms with Gasteiger partial charge in [0.25, 0.3) is 0 Å². The van der Waals surface area contributed by atoms with Crippen molar-refractivity contribution in [2.24, 2.45) is 0 Å². The Labute approximate surface area is 147 Å². The number of aliphatic hydroxyl groups is 1. The second kappa shape index (κ2) is 6.51. The summed E-state index contributed by atoms with van der Waals surface area (Å²) in [6, 6.07) is 14.0. The molecule has 0 spiro atoms. The highest BCUT2D eigenvalue weighted by Gasteiger charge is 2.10. The second-order valence-corrected chi connectivity index (χ2v) is 5.89. The van der Waals surface area contributed by atoms with Crippen LogP contribution in [0.1, 0.15) is 5.56 Å². The number of rotatable bonds is 3. The number of carbonyl (C=O) groups is 1. The molecule has 24 heavy (non-hydrogen) atoms. The molecule has 0 amide bonds. The number of carboxylic acids is 1.